The van der Waals surface area contributed by atoms with Gasteiger partial charge in [0.05, 0.1) is 24.2 Å². The Hall–Kier alpha value is -4.59. The molecule has 1 aromatic heterocycles. The van der Waals surface area contributed by atoms with E-state index in [1.54, 1.807) is 23.9 Å². The summed E-state index contributed by atoms with van der Waals surface area (Å²) in [5, 5.41) is 10.7. The molecule has 0 unspecified atom stereocenters. The molecule has 0 atom stereocenters. The van der Waals surface area contributed by atoms with Gasteiger partial charge in [-0.15, -0.1) is 0 Å². The number of benzene rings is 3. The van der Waals surface area contributed by atoms with Crippen LogP contribution in [0.25, 0.3) is 16.8 Å². The highest BCUT2D eigenvalue weighted by Gasteiger charge is 2.23. The number of nitrogens with zero attached hydrogens (tertiary/aromatic N) is 3. The molecule has 0 aliphatic heterocycles. The third-order valence-electron chi connectivity index (χ3n) is 6.41. The van der Waals surface area contributed by atoms with E-state index in [9.17, 15) is 9.59 Å². The summed E-state index contributed by atoms with van der Waals surface area (Å²) in [5.74, 6) is 0.801. The molecule has 202 valence electrons. The number of carbonyl (C=O) groups is 2. The van der Waals surface area contributed by atoms with E-state index in [1.165, 1.54) is 4.90 Å². The predicted octanol–water partition coefficient (Wildman–Crippen LogP) is 6.44. The maximum absolute atomic E-state index is 13.5. The molecule has 8 heteroatoms. The molecule has 0 saturated carbocycles. The number of ether oxygens (including phenoxy) is 1. The summed E-state index contributed by atoms with van der Waals surface area (Å²) in [5.41, 5.74) is 5.07. The van der Waals surface area contributed by atoms with Gasteiger partial charge in [-0.2, -0.15) is 5.10 Å². The molecule has 0 fully saturated rings. The maximum atomic E-state index is 13.5. The van der Waals surface area contributed by atoms with Crippen molar-refractivity contribution in [1.29, 1.82) is 0 Å². The molecule has 2 N–H and O–H groups in total. The second kappa shape index (κ2) is 12.8. The van der Waals surface area contributed by atoms with E-state index in [1.807, 2.05) is 87.5 Å². The fraction of sp³-hybridized carbons (Fsp3) is 0.258. The molecular weight excluding hydrogens is 490 g/mol. The van der Waals surface area contributed by atoms with Crippen LogP contribution in [0.5, 0.6) is 5.75 Å². The van der Waals surface area contributed by atoms with Crippen molar-refractivity contribution in [3.8, 4) is 22.6 Å². The Bertz CT molecular complexity index is 1410. The molecule has 0 bridgehead atoms. The third kappa shape index (κ3) is 6.65. The first-order valence-electron chi connectivity index (χ1n) is 13.1. The van der Waals surface area contributed by atoms with Crippen molar-refractivity contribution in [2.75, 3.05) is 30.8 Å². The van der Waals surface area contributed by atoms with E-state index < -0.39 is 0 Å². The fourth-order valence-electron chi connectivity index (χ4n) is 4.35. The lowest BCUT2D eigenvalue weighted by molar-refractivity contribution is -0.116. The van der Waals surface area contributed by atoms with Crippen molar-refractivity contribution >= 4 is 23.4 Å². The molecule has 0 radical (unpaired) electrons. The Balaban J connectivity index is 1.63. The maximum Gasteiger partial charge on any atom is 0.322 e. The van der Waals surface area contributed by atoms with Crippen molar-refractivity contribution in [3.05, 3.63) is 90.1 Å². The standard InChI is InChI=1S/C31H35N5O3/c1-5-6-20-35(31(38)32-26-14-10-11-15-27(26)39-4)21-28(37)33-30-29(24-12-8-7-9-13-24)23(3)34-36(30)25-18-16-22(2)17-19-25/h7-19H,5-6,20-21H2,1-4H3,(H,32,38)(H,33,37). The van der Waals surface area contributed by atoms with Gasteiger partial charge in [-0.25, -0.2) is 9.48 Å². The van der Waals surface area contributed by atoms with Gasteiger partial charge in [0.1, 0.15) is 18.1 Å². The average Bonchev–Trinajstić information content (AvgIpc) is 3.27. The van der Waals surface area contributed by atoms with E-state index in [-0.39, 0.29) is 18.5 Å². The van der Waals surface area contributed by atoms with Crippen LogP contribution in [0.3, 0.4) is 0 Å². The number of unbranched alkanes of at least 4 members (excludes halogenated alkanes) is 1. The molecule has 0 aliphatic carbocycles. The minimum atomic E-state index is -0.366. The van der Waals surface area contributed by atoms with E-state index in [2.05, 4.69) is 10.6 Å². The summed E-state index contributed by atoms with van der Waals surface area (Å²) in [6.07, 6.45) is 1.65. The third-order valence-corrected chi connectivity index (χ3v) is 6.41. The Morgan fingerprint density at radius 1 is 0.923 bits per heavy atom. The number of hydrogen-bond donors (Lipinski definition) is 2. The van der Waals surface area contributed by atoms with Gasteiger partial charge < -0.3 is 20.3 Å². The van der Waals surface area contributed by atoms with Crippen molar-refractivity contribution in [2.45, 2.75) is 33.6 Å². The van der Waals surface area contributed by atoms with Crippen LogP contribution in [-0.2, 0) is 4.79 Å². The van der Waals surface area contributed by atoms with Gasteiger partial charge in [0.25, 0.3) is 0 Å². The zero-order chi connectivity index (χ0) is 27.8. The molecule has 39 heavy (non-hydrogen) atoms. The lowest BCUT2D eigenvalue weighted by Crippen LogP contribution is -2.41. The first kappa shape index (κ1) is 27.4. The lowest BCUT2D eigenvalue weighted by atomic mass is 10.1. The molecule has 0 saturated heterocycles. The Morgan fingerprint density at radius 3 is 2.31 bits per heavy atom. The highest BCUT2D eigenvalue weighted by Crippen LogP contribution is 2.33. The number of nitrogens with one attached hydrogen (secondary N) is 2. The molecule has 4 rings (SSSR count). The van der Waals surface area contributed by atoms with Gasteiger partial charge in [-0.1, -0.05) is 73.5 Å². The largest absolute Gasteiger partial charge is 0.495 e. The molecule has 3 aromatic carbocycles. The summed E-state index contributed by atoms with van der Waals surface area (Å²) in [6, 6.07) is 24.6. The Labute approximate surface area is 229 Å². The van der Waals surface area contributed by atoms with Crippen LogP contribution in [0.1, 0.15) is 31.0 Å². The zero-order valence-corrected chi connectivity index (χ0v) is 22.9. The number of aromatic nitrogens is 2. The number of para-hydroxylation sites is 2. The van der Waals surface area contributed by atoms with Gasteiger partial charge >= 0.3 is 6.03 Å². The highest BCUT2D eigenvalue weighted by atomic mass is 16.5. The average molecular weight is 526 g/mol. The van der Waals surface area contributed by atoms with Crippen LogP contribution in [0, 0.1) is 13.8 Å². The van der Waals surface area contributed by atoms with E-state index in [0.29, 0.717) is 23.8 Å². The first-order valence-corrected chi connectivity index (χ1v) is 13.1. The minimum absolute atomic E-state index is 0.118. The first-order chi connectivity index (χ1) is 18.9. The van der Waals surface area contributed by atoms with Crippen LogP contribution in [-0.4, -0.2) is 46.8 Å². The molecule has 3 amide bonds. The van der Waals surface area contributed by atoms with Crippen molar-refractivity contribution in [1.82, 2.24) is 14.7 Å². The van der Waals surface area contributed by atoms with Gasteiger partial charge in [-0.05, 0) is 50.1 Å². The summed E-state index contributed by atoms with van der Waals surface area (Å²) >= 11 is 0. The number of anilines is 2. The quantitative estimate of drug-likeness (QED) is 0.249. The zero-order valence-electron chi connectivity index (χ0n) is 22.9. The number of hydrogen-bond acceptors (Lipinski definition) is 4. The van der Waals surface area contributed by atoms with Gasteiger partial charge in [0, 0.05) is 12.1 Å². The van der Waals surface area contributed by atoms with Crippen molar-refractivity contribution < 1.29 is 14.3 Å². The summed E-state index contributed by atoms with van der Waals surface area (Å²) in [4.78, 5) is 28.3. The van der Waals surface area contributed by atoms with Gasteiger partial charge in [0.15, 0.2) is 0 Å². The van der Waals surface area contributed by atoms with Gasteiger partial charge in [-0.3, -0.25) is 4.79 Å². The van der Waals surface area contributed by atoms with Gasteiger partial charge in [0.2, 0.25) is 5.91 Å². The van der Waals surface area contributed by atoms with Crippen LogP contribution in [0.2, 0.25) is 0 Å². The topological polar surface area (TPSA) is 88.5 Å². The predicted molar refractivity (Wildman–Crippen MR) is 156 cm³/mol. The number of urea groups is 1. The molecular formula is C31H35N5O3. The van der Waals surface area contributed by atoms with E-state index >= 15 is 0 Å². The van der Waals surface area contributed by atoms with Crippen LogP contribution >= 0.6 is 0 Å². The second-order valence-corrected chi connectivity index (χ2v) is 9.38. The molecule has 8 nitrogen and oxygen atoms in total. The van der Waals surface area contributed by atoms with Crippen molar-refractivity contribution in [2.24, 2.45) is 0 Å². The monoisotopic (exact) mass is 525 g/mol. The van der Waals surface area contributed by atoms with Crippen molar-refractivity contribution in [3.63, 3.8) is 0 Å². The van der Waals surface area contributed by atoms with Crippen LogP contribution < -0.4 is 15.4 Å². The normalized spacial score (nSPS) is 10.7. The fourth-order valence-corrected chi connectivity index (χ4v) is 4.35. The second-order valence-electron chi connectivity index (χ2n) is 9.38. The number of rotatable bonds is 10. The molecule has 4 aromatic rings. The highest BCUT2D eigenvalue weighted by molar-refractivity contribution is 5.99. The summed E-state index contributed by atoms with van der Waals surface area (Å²) in [6.45, 7) is 6.32. The number of carbonyl (C=O) groups excluding carboxylic acids is 2. The summed E-state index contributed by atoms with van der Waals surface area (Å²) in [7, 11) is 1.55. The number of amides is 3. The number of aryl methyl sites for hydroxylation is 2. The molecule has 0 aliphatic rings. The minimum Gasteiger partial charge on any atom is -0.495 e. The Kier molecular flexibility index (Phi) is 8.99. The van der Waals surface area contributed by atoms with Crippen LogP contribution in [0.4, 0.5) is 16.3 Å². The smallest absolute Gasteiger partial charge is 0.322 e. The summed E-state index contributed by atoms with van der Waals surface area (Å²) < 4.78 is 7.12. The lowest BCUT2D eigenvalue weighted by Gasteiger charge is -2.23. The Morgan fingerprint density at radius 2 is 1.62 bits per heavy atom. The van der Waals surface area contributed by atoms with E-state index in [4.69, 9.17) is 9.84 Å². The molecule has 0 spiro atoms. The SMILES string of the molecule is CCCCN(CC(=O)Nc1c(-c2ccccc2)c(C)nn1-c1ccc(C)cc1)C(=O)Nc1ccccc1OC. The van der Waals surface area contributed by atoms with Crippen LogP contribution in [0.15, 0.2) is 78.9 Å². The molecule has 1 heterocycles. The van der Waals surface area contributed by atoms with E-state index in [0.717, 1.165) is 40.9 Å². The number of methoxy groups -OCH3 is 1.